The van der Waals surface area contributed by atoms with Gasteiger partial charge in [0.1, 0.15) is 5.69 Å². The van der Waals surface area contributed by atoms with Gasteiger partial charge in [-0.1, -0.05) is 33.1 Å². The van der Waals surface area contributed by atoms with Crippen LogP contribution < -0.4 is 11.1 Å². The van der Waals surface area contributed by atoms with Crippen molar-refractivity contribution in [2.24, 2.45) is 0 Å². The van der Waals surface area contributed by atoms with E-state index in [-0.39, 0.29) is 17.4 Å². The highest BCUT2D eigenvalue weighted by Crippen LogP contribution is 2.24. The van der Waals surface area contributed by atoms with Crippen molar-refractivity contribution in [1.29, 1.82) is 0 Å². The molecule has 1 atom stereocenters. The van der Waals surface area contributed by atoms with Gasteiger partial charge in [-0.2, -0.15) is 0 Å². The minimum absolute atomic E-state index is 0.0567. The minimum atomic E-state index is -0.620. The van der Waals surface area contributed by atoms with Gasteiger partial charge < -0.3 is 11.1 Å². The molecule has 0 aromatic heterocycles. The van der Waals surface area contributed by atoms with E-state index in [1.807, 2.05) is 0 Å². The molecule has 0 radical (unpaired) electrons. The Bertz CT molecular complexity index is 357. The van der Waals surface area contributed by atoms with Gasteiger partial charge in [-0.05, 0) is 25.0 Å². The van der Waals surface area contributed by atoms with E-state index in [1.165, 1.54) is 0 Å². The SMILES string of the molecule is CCCCC(CCC)Nc1c(F)cc(N)cc1F. The predicted molar refractivity (Wildman–Crippen MR) is 72.6 cm³/mol. The molecular formula is C14H22F2N2. The lowest BCUT2D eigenvalue weighted by molar-refractivity contribution is 0.542. The summed E-state index contributed by atoms with van der Waals surface area (Å²) >= 11 is 0. The molecular weight excluding hydrogens is 234 g/mol. The first-order valence-corrected chi connectivity index (χ1v) is 6.59. The second-order valence-electron chi connectivity index (χ2n) is 4.63. The number of rotatable bonds is 7. The summed E-state index contributed by atoms with van der Waals surface area (Å²) in [6.07, 6.45) is 4.95. The number of nitrogens with one attached hydrogen (secondary N) is 1. The molecule has 102 valence electrons. The van der Waals surface area contributed by atoms with Gasteiger partial charge in [0.2, 0.25) is 0 Å². The predicted octanol–water partition coefficient (Wildman–Crippen LogP) is 4.32. The molecule has 1 rings (SSSR count). The number of anilines is 2. The van der Waals surface area contributed by atoms with Crippen LogP contribution in [0.25, 0.3) is 0 Å². The van der Waals surface area contributed by atoms with Crippen molar-refractivity contribution in [3.8, 4) is 0 Å². The first-order valence-electron chi connectivity index (χ1n) is 6.59. The highest BCUT2D eigenvalue weighted by molar-refractivity contribution is 5.54. The van der Waals surface area contributed by atoms with Crippen molar-refractivity contribution in [3.63, 3.8) is 0 Å². The largest absolute Gasteiger partial charge is 0.399 e. The fourth-order valence-electron chi connectivity index (χ4n) is 2.02. The summed E-state index contributed by atoms with van der Waals surface area (Å²) in [5.74, 6) is -1.24. The van der Waals surface area contributed by atoms with Crippen LogP contribution in [0.4, 0.5) is 20.2 Å². The van der Waals surface area contributed by atoms with Crippen LogP contribution in [0.15, 0.2) is 12.1 Å². The topological polar surface area (TPSA) is 38.0 Å². The van der Waals surface area contributed by atoms with E-state index < -0.39 is 11.6 Å². The third-order valence-corrected chi connectivity index (χ3v) is 2.96. The number of nitrogen functional groups attached to an aromatic ring is 1. The van der Waals surface area contributed by atoms with Gasteiger partial charge >= 0.3 is 0 Å². The second-order valence-corrected chi connectivity index (χ2v) is 4.63. The first-order chi connectivity index (χ1) is 8.58. The first kappa shape index (κ1) is 14.7. The smallest absolute Gasteiger partial charge is 0.151 e. The van der Waals surface area contributed by atoms with Crippen LogP contribution in [0.3, 0.4) is 0 Å². The zero-order chi connectivity index (χ0) is 13.5. The Morgan fingerprint density at radius 2 is 1.72 bits per heavy atom. The maximum absolute atomic E-state index is 13.7. The highest BCUT2D eigenvalue weighted by Gasteiger charge is 2.14. The number of halogens is 2. The summed E-state index contributed by atoms with van der Waals surface area (Å²) < 4.78 is 27.3. The monoisotopic (exact) mass is 256 g/mol. The zero-order valence-electron chi connectivity index (χ0n) is 11.1. The Kier molecular flexibility index (Phi) is 5.89. The molecule has 3 N–H and O–H groups in total. The average molecular weight is 256 g/mol. The van der Waals surface area contributed by atoms with Crippen LogP contribution in [-0.4, -0.2) is 6.04 Å². The molecule has 0 spiro atoms. The quantitative estimate of drug-likeness (QED) is 0.713. The zero-order valence-corrected chi connectivity index (χ0v) is 11.1. The van der Waals surface area contributed by atoms with Gasteiger partial charge in [-0.3, -0.25) is 0 Å². The maximum Gasteiger partial charge on any atom is 0.151 e. The van der Waals surface area contributed by atoms with E-state index in [0.717, 1.165) is 44.2 Å². The fraction of sp³-hybridized carbons (Fsp3) is 0.571. The third kappa shape index (κ3) is 4.17. The number of unbranched alkanes of at least 4 members (excludes halogenated alkanes) is 1. The molecule has 0 amide bonds. The Hall–Kier alpha value is -1.32. The van der Waals surface area contributed by atoms with Gasteiger partial charge in [0, 0.05) is 11.7 Å². The summed E-state index contributed by atoms with van der Waals surface area (Å²) in [4.78, 5) is 0. The number of benzene rings is 1. The summed E-state index contributed by atoms with van der Waals surface area (Å²) in [5.41, 5.74) is 5.44. The molecule has 18 heavy (non-hydrogen) atoms. The van der Waals surface area contributed by atoms with E-state index in [0.29, 0.717) is 0 Å². The van der Waals surface area contributed by atoms with Crippen LogP contribution in [0.2, 0.25) is 0 Å². The van der Waals surface area contributed by atoms with Crippen molar-refractivity contribution in [3.05, 3.63) is 23.8 Å². The Balaban J connectivity index is 2.79. The summed E-state index contributed by atoms with van der Waals surface area (Å²) in [6, 6.07) is 2.41. The van der Waals surface area contributed by atoms with E-state index in [2.05, 4.69) is 19.2 Å². The molecule has 0 fully saturated rings. The number of nitrogens with two attached hydrogens (primary N) is 1. The number of hydrogen-bond acceptors (Lipinski definition) is 2. The van der Waals surface area contributed by atoms with Crippen LogP contribution in [0, 0.1) is 11.6 Å². The van der Waals surface area contributed by atoms with Crippen LogP contribution in [0.1, 0.15) is 46.0 Å². The second kappa shape index (κ2) is 7.19. The Morgan fingerprint density at radius 1 is 1.11 bits per heavy atom. The summed E-state index contributed by atoms with van der Waals surface area (Å²) in [6.45, 7) is 4.17. The Morgan fingerprint density at radius 3 is 2.22 bits per heavy atom. The summed E-state index contributed by atoms with van der Waals surface area (Å²) in [5, 5.41) is 2.97. The van der Waals surface area contributed by atoms with Crippen LogP contribution in [0.5, 0.6) is 0 Å². The lowest BCUT2D eigenvalue weighted by atomic mass is 10.0. The van der Waals surface area contributed by atoms with Crippen molar-refractivity contribution in [2.75, 3.05) is 11.1 Å². The fourth-order valence-corrected chi connectivity index (χ4v) is 2.02. The third-order valence-electron chi connectivity index (χ3n) is 2.96. The normalized spacial score (nSPS) is 12.4. The van der Waals surface area contributed by atoms with Crippen molar-refractivity contribution < 1.29 is 8.78 Å². The molecule has 1 aromatic rings. The average Bonchev–Trinajstić information content (AvgIpc) is 2.30. The molecule has 0 aliphatic heterocycles. The molecule has 0 aliphatic rings. The van der Waals surface area contributed by atoms with E-state index in [4.69, 9.17) is 5.73 Å². The molecule has 1 unspecified atom stereocenters. The molecule has 0 saturated carbocycles. The van der Waals surface area contributed by atoms with Gasteiger partial charge in [0.25, 0.3) is 0 Å². The van der Waals surface area contributed by atoms with Gasteiger partial charge in [0.15, 0.2) is 11.6 Å². The van der Waals surface area contributed by atoms with Crippen molar-refractivity contribution in [1.82, 2.24) is 0 Å². The lowest BCUT2D eigenvalue weighted by Gasteiger charge is -2.20. The Labute approximate surface area is 108 Å². The van der Waals surface area contributed by atoms with E-state index in [1.54, 1.807) is 0 Å². The summed E-state index contributed by atoms with van der Waals surface area (Å²) in [7, 11) is 0. The molecule has 0 heterocycles. The van der Waals surface area contributed by atoms with Crippen LogP contribution >= 0.6 is 0 Å². The van der Waals surface area contributed by atoms with Crippen LogP contribution in [-0.2, 0) is 0 Å². The number of hydrogen-bond donors (Lipinski definition) is 2. The van der Waals surface area contributed by atoms with Gasteiger partial charge in [0.05, 0.1) is 0 Å². The standard InChI is InChI=1S/C14H22F2N2/c1-3-5-7-11(6-4-2)18-14-12(15)8-10(17)9-13(14)16/h8-9,11,18H,3-7,17H2,1-2H3. The molecule has 0 aliphatic carbocycles. The lowest BCUT2D eigenvalue weighted by Crippen LogP contribution is -2.21. The van der Waals surface area contributed by atoms with E-state index >= 15 is 0 Å². The minimum Gasteiger partial charge on any atom is -0.399 e. The van der Waals surface area contributed by atoms with Gasteiger partial charge in [-0.15, -0.1) is 0 Å². The maximum atomic E-state index is 13.7. The molecule has 1 aromatic carbocycles. The molecule has 2 nitrogen and oxygen atoms in total. The van der Waals surface area contributed by atoms with Gasteiger partial charge in [-0.25, -0.2) is 8.78 Å². The molecule has 4 heteroatoms. The van der Waals surface area contributed by atoms with Crippen molar-refractivity contribution >= 4 is 11.4 Å². The van der Waals surface area contributed by atoms with E-state index in [9.17, 15) is 8.78 Å². The van der Waals surface area contributed by atoms with Crippen molar-refractivity contribution in [2.45, 2.75) is 52.0 Å². The molecule has 0 bridgehead atoms. The highest BCUT2D eigenvalue weighted by atomic mass is 19.1. The molecule has 0 saturated heterocycles.